The van der Waals surface area contributed by atoms with E-state index in [-0.39, 0.29) is 25.9 Å². The Morgan fingerprint density at radius 1 is 0.952 bits per heavy atom. The molecule has 0 fully saturated rings. The molecule has 0 aliphatic carbocycles. The van der Waals surface area contributed by atoms with Crippen molar-refractivity contribution in [2.45, 2.75) is 4.21 Å². The molecule has 1 heterocycles. The first kappa shape index (κ1) is 14.5. The van der Waals surface area contributed by atoms with E-state index in [0.29, 0.717) is 0 Å². The first-order valence-electron chi connectivity index (χ1n) is 5.47. The molecule has 0 unspecified atom stereocenters. The van der Waals surface area contributed by atoms with E-state index in [9.17, 15) is 8.42 Å². The molecule has 0 bridgehead atoms. The molecule has 1 aromatic heterocycles. The van der Waals surface area contributed by atoms with Crippen LogP contribution in [0.3, 0.4) is 0 Å². The van der Waals surface area contributed by atoms with Crippen molar-refractivity contribution < 1.29 is 8.42 Å². The molecule has 2 aromatic rings. The van der Waals surface area contributed by atoms with Gasteiger partial charge in [0.2, 0.25) is 0 Å². The second-order valence-electron chi connectivity index (χ2n) is 3.82. The van der Waals surface area contributed by atoms with E-state index in [0.717, 1.165) is 11.3 Å². The highest BCUT2D eigenvalue weighted by molar-refractivity contribution is 7.94. The van der Waals surface area contributed by atoms with Gasteiger partial charge in [0.05, 0.1) is 16.8 Å². The number of nitrogens with one attached hydrogen (secondary N) is 1. The maximum Gasteiger partial charge on any atom is 0.271 e. The van der Waals surface area contributed by atoms with Crippen molar-refractivity contribution in [1.82, 2.24) is 0 Å². The molecule has 0 radical (unpaired) electrons. The molecular weight excluding hydrogens is 308 g/mol. The maximum atomic E-state index is 12.1. The van der Waals surface area contributed by atoms with Gasteiger partial charge in [-0.3, -0.25) is 4.72 Å². The van der Waals surface area contributed by atoms with Gasteiger partial charge in [0.15, 0.2) is 0 Å². The molecule has 0 aliphatic heterocycles. The molecule has 6 nitrogen and oxygen atoms in total. The molecule has 0 saturated heterocycles. The topological polar surface area (TPSA) is 118 Å². The molecule has 0 spiro atoms. The zero-order valence-electron chi connectivity index (χ0n) is 10.4. The van der Waals surface area contributed by atoms with Crippen LogP contribution in [0.25, 0.3) is 0 Å². The Morgan fingerprint density at radius 3 is 2.24 bits per heavy atom. The van der Waals surface area contributed by atoms with E-state index in [1.807, 2.05) is 18.2 Å². The van der Waals surface area contributed by atoms with Gasteiger partial charge in [-0.05, 0) is 30.3 Å². The van der Waals surface area contributed by atoms with Gasteiger partial charge < -0.3 is 0 Å². The van der Waals surface area contributed by atoms with Crippen molar-refractivity contribution in [1.29, 1.82) is 15.8 Å². The van der Waals surface area contributed by atoms with Gasteiger partial charge >= 0.3 is 0 Å². The standard InChI is InChI=1S/C13H6N4O2S2/c14-6-9-1-2-11(5-10(9)7-15)17-21(18,19)13-4-3-12(8-16)20-13/h1-5,17H. The summed E-state index contributed by atoms with van der Waals surface area (Å²) >= 11 is 0.848. The van der Waals surface area contributed by atoms with Gasteiger partial charge in [-0.15, -0.1) is 11.3 Å². The summed E-state index contributed by atoms with van der Waals surface area (Å²) in [7, 11) is -3.82. The van der Waals surface area contributed by atoms with E-state index in [2.05, 4.69) is 4.72 Å². The van der Waals surface area contributed by atoms with Crippen LogP contribution < -0.4 is 4.72 Å². The Labute approximate surface area is 125 Å². The van der Waals surface area contributed by atoms with Crippen molar-refractivity contribution in [3.05, 3.63) is 46.3 Å². The summed E-state index contributed by atoms with van der Waals surface area (Å²) in [6.07, 6.45) is 0. The number of thiophene rings is 1. The molecule has 1 N–H and O–H groups in total. The fourth-order valence-corrected chi connectivity index (χ4v) is 3.68. The summed E-state index contributed by atoms with van der Waals surface area (Å²) in [5, 5.41) is 26.4. The van der Waals surface area contributed by atoms with Gasteiger partial charge in [-0.25, -0.2) is 8.42 Å². The molecule has 102 valence electrons. The van der Waals surface area contributed by atoms with E-state index < -0.39 is 10.0 Å². The second kappa shape index (κ2) is 5.64. The third kappa shape index (κ3) is 3.01. The second-order valence-corrected chi connectivity index (χ2v) is 6.81. The highest BCUT2D eigenvalue weighted by atomic mass is 32.2. The van der Waals surface area contributed by atoms with Gasteiger partial charge in [-0.1, -0.05) is 0 Å². The number of rotatable bonds is 3. The smallest absolute Gasteiger partial charge is 0.271 e. The Kier molecular flexibility index (Phi) is 3.91. The number of benzene rings is 1. The quantitative estimate of drug-likeness (QED) is 0.931. The number of nitriles is 3. The lowest BCUT2D eigenvalue weighted by Gasteiger charge is -2.06. The number of nitrogens with zero attached hydrogens (tertiary/aromatic N) is 3. The molecule has 0 saturated carbocycles. The zero-order chi connectivity index (χ0) is 15.5. The Morgan fingerprint density at radius 2 is 1.67 bits per heavy atom. The van der Waals surface area contributed by atoms with Gasteiger partial charge in [0.1, 0.15) is 27.3 Å². The lowest BCUT2D eigenvalue weighted by molar-refractivity contribution is 0.603. The number of hydrogen-bond acceptors (Lipinski definition) is 6. The Bertz CT molecular complexity index is 924. The van der Waals surface area contributed by atoms with Crippen LogP contribution in [0.1, 0.15) is 16.0 Å². The minimum Gasteiger partial charge on any atom is -0.279 e. The lowest BCUT2D eigenvalue weighted by atomic mass is 10.1. The summed E-state index contributed by atoms with van der Waals surface area (Å²) in [6, 6.07) is 12.3. The first-order chi connectivity index (χ1) is 10.00. The van der Waals surface area contributed by atoms with Crippen molar-refractivity contribution in [2.75, 3.05) is 4.72 Å². The normalized spacial score (nSPS) is 10.1. The summed E-state index contributed by atoms with van der Waals surface area (Å²) in [5.41, 5.74) is 0.433. The third-order valence-electron chi connectivity index (χ3n) is 2.47. The van der Waals surface area contributed by atoms with E-state index in [1.165, 1.54) is 30.3 Å². The molecule has 0 atom stereocenters. The van der Waals surface area contributed by atoms with Crippen LogP contribution in [0.5, 0.6) is 0 Å². The van der Waals surface area contributed by atoms with Crippen LogP contribution in [0.2, 0.25) is 0 Å². The van der Waals surface area contributed by atoms with Crippen LogP contribution in [-0.2, 0) is 10.0 Å². The van der Waals surface area contributed by atoms with Crippen LogP contribution in [0.4, 0.5) is 5.69 Å². The van der Waals surface area contributed by atoms with Crippen molar-refractivity contribution in [3.8, 4) is 18.2 Å². The molecule has 1 aromatic carbocycles. The van der Waals surface area contributed by atoms with Gasteiger partial charge in [0, 0.05) is 0 Å². The van der Waals surface area contributed by atoms with Gasteiger partial charge in [0.25, 0.3) is 10.0 Å². The van der Waals surface area contributed by atoms with Crippen LogP contribution >= 0.6 is 11.3 Å². The van der Waals surface area contributed by atoms with Gasteiger partial charge in [-0.2, -0.15) is 15.8 Å². The largest absolute Gasteiger partial charge is 0.279 e. The highest BCUT2D eigenvalue weighted by Gasteiger charge is 2.17. The molecule has 0 aliphatic rings. The number of sulfonamides is 1. The van der Waals surface area contributed by atoms with Crippen LogP contribution in [0, 0.1) is 34.0 Å². The lowest BCUT2D eigenvalue weighted by Crippen LogP contribution is -2.11. The summed E-state index contributed by atoms with van der Waals surface area (Å²) < 4.78 is 26.6. The first-order valence-corrected chi connectivity index (χ1v) is 7.77. The molecule has 21 heavy (non-hydrogen) atoms. The highest BCUT2D eigenvalue weighted by Crippen LogP contribution is 2.24. The van der Waals surface area contributed by atoms with E-state index in [4.69, 9.17) is 15.8 Å². The molecule has 8 heteroatoms. The van der Waals surface area contributed by atoms with E-state index in [1.54, 1.807) is 0 Å². The minimum atomic E-state index is -3.82. The summed E-state index contributed by atoms with van der Waals surface area (Å²) in [6.45, 7) is 0. The average Bonchev–Trinajstić information content (AvgIpc) is 2.96. The fraction of sp³-hybridized carbons (Fsp3) is 0. The van der Waals surface area contributed by atoms with Crippen molar-refractivity contribution in [3.63, 3.8) is 0 Å². The maximum absolute atomic E-state index is 12.1. The predicted molar refractivity (Wildman–Crippen MR) is 75.7 cm³/mol. The van der Waals surface area contributed by atoms with Crippen molar-refractivity contribution in [2.24, 2.45) is 0 Å². The SMILES string of the molecule is N#Cc1ccc(S(=O)(=O)Nc2ccc(C#N)c(C#N)c2)s1. The fourth-order valence-electron chi connectivity index (χ4n) is 1.53. The van der Waals surface area contributed by atoms with Crippen LogP contribution in [-0.4, -0.2) is 8.42 Å². The number of hydrogen-bond donors (Lipinski definition) is 1. The zero-order valence-corrected chi connectivity index (χ0v) is 12.0. The number of anilines is 1. The average molecular weight is 314 g/mol. The molecular formula is C13H6N4O2S2. The van der Waals surface area contributed by atoms with Crippen LogP contribution in [0.15, 0.2) is 34.5 Å². The van der Waals surface area contributed by atoms with E-state index >= 15 is 0 Å². The molecule has 0 amide bonds. The van der Waals surface area contributed by atoms with Crippen molar-refractivity contribution >= 4 is 27.0 Å². The predicted octanol–water partition coefficient (Wildman–Crippen LogP) is 2.16. The summed E-state index contributed by atoms with van der Waals surface area (Å²) in [5.74, 6) is 0. The summed E-state index contributed by atoms with van der Waals surface area (Å²) in [4.78, 5) is 0.285. The molecule has 2 rings (SSSR count). The monoisotopic (exact) mass is 314 g/mol. The Hall–Kier alpha value is -2.86. The third-order valence-corrected chi connectivity index (χ3v) is 5.33. The Balaban J connectivity index is 2.36. The minimum absolute atomic E-state index is 0.00178.